The molecule has 0 aromatic carbocycles. The SMILES string of the molecule is COc1ncnc(OC2CC2)c1-c1cn(SF)c2nc(NC=O)ccc12. The molecule has 0 saturated heterocycles. The van der Waals surface area contributed by atoms with Gasteiger partial charge in [0, 0.05) is 17.1 Å². The van der Waals surface area contributed by atoms with E-state index in [2.05, 4.69) is 20.3 Å². The third kappa shape index (κ3) is 2.92. The lowest BCUT2D eigenvalue weighted by atomic mass is 10.1. The van der Waals surface area contributed by atoms with Gasteiger partial charge in [-0.05, 0) is 25.0 Å². The molecule has 0 radical (unpaired) electrons. The summed E-state index contributed by atoms with van der Waals surface area (Å²) in [6, 6.07) is 3.37. The number of pyridine rings is 1. The zero-order valence-electron chi connectivity index (χ0n) is 13.7. The van der Waals surface area contributed by atoms with Gasteiger partial charge in [0.05, 0.1) is 7.11 Å². The molecule has 3 aromatic heterocycles. The molecular weight excluding hydrogens is 361 g/mol. The number of methoxy groups -OCH3 is 1. The molecule has 0 spiro atoms. The Balaban J connectivity index is 1.92. The maximum atomic E-state index is 13.5. The third-order valence-electron chi connectivity index (χ3n) is 3.94. The number of nitrogens with zero attached hydrogens (tertiary/aromatic N) is 4. The van der Waals surface area contributed by atoms with Crippen LogP contribution in [0.4, 0.5) is 9.70 Å². The van der Waals surface area contributed by atoms with Gasteiger partial charge in [0.2, 0.25) is 18.2 Å². The fourth-order valence-electron chi connectivity index (χ4n) is 2.64. The van der Waals surface area contributed by atoms with Crippen LogP contribution < -0.4 is 14.8 Å². The number of carbonyl (C=O) groups is 1. The second-order valence-electron chi connectivity index (χ2n) is 5.65. The van der Waals surface area contributed by atoms with Crippen molar-refractivity contribution in [3.8, 4) is 22.9 Å². The number of carbonyl (C=O) groups excluding carboxylic acids is 1. The van der Waals surface area contributed by atoms with E-state index in [0.717, 1.165) is 12.8 Å². The van der Waals surface area contributed by atoms with Crippen LogP contribution in [0.5, 0.6) is 11.8 Å². The monoisotopic (exact) mass is 375 g/mol. The number of fused-ring (bicyclic) bond motifs is 1. The minimum atomic E-state index is 0.00175. The average molecular weight is 375 g/mol. The quantitative estimate of drug-likeness (QED) is 0.635. The highest BCUT2D eigenvalue weighted by Crippen LogP contribution is 2.42. The lowest BCUT2D eigenvalue weighted by molar-refractivity contribution is -0.105. The van der Waals surface area contributed by atoms with Crippen LogP contribution in [-0.4, -0.2) is 38.5 Å². The maximum absolute atomic E-state index is 13.5. The molecule has 0 aliphatic heterocycles. The number of ether oxygens (including phenoxy) is 2. The summed E-state index contributed by atoms with van der Waals surface area (Å²) in [5.74, 6) is 1.03. The highest BCUT2D eigenvalue weighted by molar-refractivity contribution is 7.92. The summed E-state index contributed by atoms with van der Waals surface area (Å²) in [6.07, 6.45) is 5.52. The van der Waals surface area contributed by atoms with Gasteiger partial charge in [0.1, 0.15) is 23.8 Å². The molecular formula is C16H14FN5O3S. The van der Waals surface area contributed by atoms with Gasteiger partial charge in [-0.15, -0.1) is 3.89 Å². The topological polar surface area (TPSA) is 91.2 Å². The molecule has 1 aliphatic carbocycles. The number of anilines is 1. The van der Waals surface area contributed by atoms with Gasteiger partial charge in [0.25, 0.3) is 0 Å². The predicted molar refractivity (Wildman–Crippen MR) is 94.7 cm³/mol. The maximum Gasteiger partial charge on any atom is 0.228 e. The van der Waals surface area contributed by atoms with E-state index >= 15 is 0 Å². The zero-order valence-corrected chi connectivity index (χ0v) is 14.5. The predicted octanol–water partition coefficient (Wildman–Crippen LogP) is 2.99. The Morgan fingerprint density at radius 1 is 1.35 bits per heavy atom. The van der Waals surface area contributed by atoms with Crippen LogP contribution in [0.2, 0.25) is 0 Å². The first-order chi connectivity index (χ1) is 12.7. The highest BCUT2D eigenvalue weighted by atomic mass is 32.2. The molecule has 10 heteroatoms. The molecule has 3 heterocycles. The number of hydrogen-bond donors (Lipinski definition) is 1. The van der Waals surface area contributed by atoms with Crippen molar-refractivity contribution in [3.05, 3.63) is 24.7 Å². The molecule has 3 aromatic rings. The molecule has 1 saturated carbocycles. The summed E-state index contributed by atoms with van der Waals surface area (Å²) in [7, 11) is 1.50. The Morgan fingerprint density at radius 3 is 2.85 bits per heavy atom. The number of hydrogen-bond acceptors (Lipinski definition) is 7. The number of nitrogens with one attached hydrogen (secondary N) is 1. The molecule has 0 bridgehead atoms. The summed E-state index contributed by atoms with van der Waals surface area (Å²) >= 11 is 0.00175. The molecule has 1 N–H and O–H groups in total. The first-order valence-corrected chi connectivity index (χ1v) is 8.50. The van der Waals surface area contributed by atoms with Crippen LogP contribution in [0.3, 0.4) is 0 Å². The molecule has 0 atom stereocenters. The lowest BCUT2D eigenvalue weighted by Gasteiger charge is -2.11. The van der Waals surface area contributed by atoms with Gasteiger partial charge < -0.3 is 14.8 Å². The molecule has 1 fully saturated rings. The van der Waals surface area contributed by atoms with Crippen LogP contribution in [0, 0.1) is 0 Å². The largest absolute Gasteiger partial charge is 0.480 e. The second kappa shape index (κ2) is 6.79. The Labute approximate surface area is 152 Å². The van der Waals surface area contributed by atoms with E-state index in [9.17, 15) is 8.68 Å². The van der Waals surface area contributed by atoms with E-state index in [1.54, 1.807) is 18.3 Å². The molecule has 26 heavy (non-hydrogen) atoms. The minimum absolute atomic E-state index is 0.00175. The van der Waals surface area contributed by atoms with Gasteiger partial charge in [-0.25, -0.2) is 18.9 Å². The fourth-order valence-corrected chi connectivity index (χ4v) is 2.99. The van der Waals surface area contributed by atoms with E-state index < -0.39 is 0 Å². The Hall–Kier alpha value is -2.88. The van der Waals surface area contributed by atoms with Gasteiger partial charge in [-0.2, -0.15) is 0 Å². The van der Waals surface area contributed by atoms with E-state index in [1.807, 2.05) is 0 Å². The molecule has 0 unspecified atom stereocenters. The van der Waals surface area contributed by atoms with Crippen molar-refractivity contribution >= 4 is 35.6 Å². The van der Waals surface area contributed by atoms with Crippen LogP contribution in [0.1, 0.15) is 12.8 Å². The van der Waals surface area contributed by atoms with E-state index in [-0.39, 0.29) is 18.4 Å². The van der Waals surface area contributed by atoms with Crippen molar-refractivity contribution in [2.24, 2.45) is 0 Å². The highest BCUT2D eigenvalue weighted by Gasteiger charge is 2.28. The first kappa shape index (κ1) is 16.6. The van der Waals surface area contributed by atoms with Crippen molar-refractivity contribution in [2.75, 3.05) is 12.4 Å². The Morgan fingerprint density at radius 2 is 2.15 bits per heavy atom. The summed E-state index contributed by atoms with van der Waals surface area (Å²) in [5, 5.41) is 3.11. The van der Waals surface area contributed by atoms with Crippen LogP contribution >= 0.6 is 12.3 Å². The Kier molecular flexibility index (Phi) is 4.33. The van der Waals surface area contributed by atoms with Crippen LogP contribution in [-0.2, 0) is 4.79 Å². The molecule has 1 aliphatic rings. The molecule has 134 valence electrons. The standard InChI is InChI=1S/C16H14FN5O3S/c1-24-15-13(16(19-7-18-15)25-9-2-3-9)11-6-22(26-17)14-10(11)4-5-12(21-14)20-8-23/h4-9H,2-3H2,1H3,(H,20,21,23). The van der Waals surface area contributed by atoms with Gasteiger partial charge in [-0.3, -0.25) is 4.79 Å². The van der Waals surface area contributed by atoms with Crippen molar-refractivity contribution < 1.29 is 18.2 Å². The normalized spacial score (nSPS) is 13.6. The lowest BCUT2D eigenvalue weighted by Crippen LogP contribution is -2.03. The number of aromatic nitrogens is 4. The summed E-state index contributed by atoms with van der Waals surface area (Å²) in [5.41, 5.74) is 1.52. The van der Waals surface area contributed by atoms with Gasteiger partial charge in [0.15, 0.2) is 18.0 Å². The van der Waals surface area contributed by atoms with Crippen molar-refractivity contribution in [2.45, 2.75) is 18.9 Å². The molecule has 1 amide bonds. The third-order valence-corrected chi connectivity index (χ3v) is 4.37. The average Bonchev–Trinajstić information content (AvgIpc) is 3.40. The Bertz CT molecular complexity index is 976. The van der Waals surface area contributed by atoms with E-state index in [1.165, 1.54) is 17.4 Å². The van der Waals surface area contributed by atoms with E-state index in [4.69, 9.17) is 9.47 Å². The molecule has 8 nitrogen and oxygen atoms in total. The summed E-state index contributed by atoms with van der Waals surface area (Å²) in [6.45, 7) is 0. The van der Waals surface area contributed by atoms with Crippen LogP contribution in [0.25, 0.3) is 22.2 Å². The molecule has 4 rings (SSSR count). The smallest absolute Gasteiger partial charge is 0.228 e. The number of amides is 1. The minimum Gasteiger partial charge on any atom is -0.480 e. The second-order valence-corrected chi connectivity index (χ2v) is 6.18. The fraction of sp³-hybridized carbons (Fsp3) is 0.250. The van der Waals surface area contributed by atoms with Crippen molar-refractivity contribution in [1.82, 2.24) is 18.9 Å². The van der Waals surface area contributed by atoms with Crippen molar-refractivity contribution in [3.63, 3.8) is 0 Å². The van der Waals surface area contributed by atoms with Crippen molar-refractivity contribution in [1.29, 1.82) is 0 Å². The summed E-state index contributed by atoms with van der Waals surface area (Å²) < 4.78 is 26.0. The van der Waals surface area contributed by atoms with E-state index in [0.29, 0.717) is 46.1 Å². The first-order valence-electron chi connectivity index (χ1n) is 7.82. The van der Waals surface area contributed by atoms with Crippen LogP contribution in [0.15, 0.2) is 24.7 Å². The number of rotatable bonds is 7. The number of halogens is 1. The summed E-state index contributed by atoms with van der Waals surface area (Å²) in [4.78, 5) is 23.3. The zero-order chi connectivity index (χ0) is 18.1. The van der Waals surface area contributed by atoms with Gasteiger partial charge in [-0.1, -0.05) is 0 Å². The van der Waals surface area contributed by atoms with Gasteiger partial charge >= 0.3 is 0 Å².